The molecule has 0 radical (unpaired) electrons. The van der Waals surface area contributed by atoms with Crippen LogP contribution in [0.15, 0.2) is 151 Å². The standard InChI is InChI=1S/C45H46N6O4/c1-6-54-31-44(5)46-40(43(3,4)53)39(42(52)55-7-2)50(44)36-29-27-32(28-30-36)37-25-17-18-26-38(37)41-47-48-49-51(41)45(33-19-11-8-12-20-33,34-21-13-9-14-22-34)35-23-15-10-16-24-35/h8-30,46,53H,6-7,31H2,1-5H3. The topological polar surface area (TPSA) is 115 Å². The summed E-state index contributed by atoms with van der Waals surface area (Å²) in [5.74, 6) is 0.0546. The van der Waals surface area contributed by atoms with E-state index in [4.69, 9.17) is 19.8 Å². The van der Waals surface area contributed by atoms with E-state index < -0.39 is 22.8 Å². The highest BCUT2D eigenvalue weighted by molar-refractivity contribution is 5.96. The van der Waals surface area contributed by atoms with Crippen molar-refractivity contribution in [3.63, 3.8) is 0 Å². The van der Waals surface area contributed by atoms with E-state index in [2.05, 4.69) is 53.0 Å². The van der Waals surface area contributed by atoms with Crippen molar-refractivity contribution in [1.82, 2.24) is 25.5 Å². The van der Waals surface area contributed by atoms with Crippen LogP contribution in [-0.4, -0.2) is 62.4 Å². The van der Waals surface area contributed by atoms with Crippen molar-refractivity contribution in [2.24, 2.45) is 0 Å². The molecule has 0 amide bonds. The molecule has 1 atom stereocenters. The molecule has 10 heteroatoms. The van der Waals surface area contributed by atoms with Gasteiger partial charge in [0.2, 0.25) is 0 Å². The number of aliphatic hydroxyl groups is 1. The zero-order valence-corrected chi connectivity index (χ0v) is 31.8. The number of ether oxygens (including phenoxy) is 2. The van der Waals surface area contributed by atoms with E-state index in [0.29, 0.717) is 18.1 Å². The number of rotatable bonds is 13. The second-order valence-corrected chi connectivity index (χ2v) is 14.2. The summed E-state index contributed by atoms with van der Waals surface area (Å²) in [5.41, 5.74) is 3.86. The van der Waals surface area contributed by atoms with Crippen LogP contribution in [0.1, 0.15) is 51.3 Å². The third-order valence-electron chi connectivity index (χ3n) is 9.98. The SMILES string of the molecule is CCOCC1(C)NC(C(C)(C)O)=C(C(=O)OCC)N1c1ccc(-c2ccccc2-c2nnnn2C(c2ccccc2)(c2ccccc2)c2ccccc2)cc1. The van der Waals surface area contributed by atoms with Gasteiger partial charge in [-0.2, -0.15) is 0 Å². The Morgan fingerprint density at radius 2 is 1.27 bits per heavy atom. The normalized spacial score (nSPS) is 15.9. The number of anilines is 1. The Hall–Kier alpha value is -6.10. The lowest BCUT2D eigenvalue weighted by Gasteiger charge is -2.38. The molecule has 2 heterocycles. The number of nitrogens with one attached hydrogen (secondary N) is 1. The Bertz CT molecular complexity index is 2170. The van der Waals surface area contributed by atoms with E-state index in [-0.39, 0.29) is 18.9 Å². The molecule has 6 aromatic rings. The van der Waals surface area contributed by atoms with Crippen molar-refractivity contribution in [2.75, 3.05) is 24.7 Å². The van der Waals surface area contributed by atoms with Gasteiger partial charge in [0.25, 0.3) is 0 Å². The van der Waals surface area contributed by atoms with Gasteiger partial charge in [-0.15, -0.1) is 5.10 Å². The van der Waals surface area contributed by atoms with Gasteiger partial charge in [-0.25, -0.2) is 9.48 Å². The van der Waals surface area contributed by atoms with Crippen molar-refractivity contribution in [3.8, 4) is 22.5 Å². The van der Waals surface area contributed by atoms with Gasteiger partial charge < -0.3 is 24.8 Å². The summed E-state index contributed by atoms with van der Waals surface area (Å²) in [6, 6.07) is 47.0. The number of hydrogen-bond donors (Lipinski definition) is 2. The minimum atomic E-state index is -1.36. The molecule has 1 aromatic heterocycles. The van der Waals surface area contributed by atoms with Gasteiger partial charge in [-0.3, -0.25) is 0 Å². The van der Waals surface area contributed by atoms with Crippen LogP contribution in [0, 0.1) is 0 Å². The maximum absolute atomic E-state index is 13.6. The van der Waals surface area contributed by atoms with Gasteiger partial charge in [0.05, 0.1) is 18.9 Å². The highest BCUT2D eigenvalue weighted by Gasteiger charge is 2.49. The third-order valence-corrected chi connectivity index (χ3v) is 9.98. The smallest absolute Gasteiger partial charge is 0.356 e. The van der Waals surface area contributed by atoms with Crippen LogP contribution in [0.3, 0.4) is 0 Å². The van der Waals surface area contributed by atoms with Crippen molar-refractivity contribution in [1.29, 1.82) is 0 Å². The number of carbonyl (C=O) groups is 1. The quantitative estimate of drug-likeness (QED) is 0.0917. The van der Waals surface area contributed by atoms with Crippen LogP contribution in [-0.2, 0) is 19.8 Å². The average Bonchev–Trinajstić information content (AvgIpc) is 3.82. The first-order valence-corrected chi connectivity index (χ1v) is 18.6. The van der Waals surface area contributed by atoms with Crippen LogP contribution in [0.25, 0.3) is 22.5 Å². The molecular weight excluding hydrogens is 689 g/mol. The lowest BCUT2D eigenvalue weighted by atomic mass is 9.77. The number of esters is 1. The fourth-order valence-electron chi connectivity index (χ4n) is 7.60. The Labute approximate surface area is 322 Å². The van der Waals surface area contributed by atoms with Crippen LogP contribution >= 0.6 is 0 Å². The summed E-state index contributed by atoms with van der Waals surface area (Å²) in [6.45, 7) is 9.84. The Morgan fingerprint density at radius 3 is 1.78 bits per heavy atom. The number of hydrogen-bond acceptors (Lipinski definition) is 9. The van der Waals surface area contributed by atoms with E-state index in [1.807, 2.05) is 120 Å². The summed E-state index contributed by atoms with van der Waals surface area (Å²) in [4.78, 5) is 15.5. The molecule has 0 fully saturated rings. The molecule has 0 spiro atoms. The maximum atomic E-state index is 13.6. The highest BCUT2D eigenvalue weighted by Crippen LogP contribution is 2.44. The molecule has 1 aliphatic heterocycles. The van der Waals surface area contributed by atoms with E-state index in [1.165, 1.54) is 0 Å². The molecule has 1 unspecified atom stereocenters. The fraction of sp³-hybridized carbons (Fsp3) is 0.244. The molecule has 0 saturated carbocycles. The molecule has 0 bridgehead atoms. The zero-order valence-electron chi connectivity index (χ0n) is 31.8. The van der Waals surface area contributed by atoms with Gasteiger partial charge in [-0.1, -0.05) is 127 Å². The zero-order chi connectivity index (χ0) is 38.6. The van der Waals surface area contributed by atoms with Crippen molar-refractivity contribution < 1.29 is 19.4 Å². The number of tetrazole rings is 1. The first kappa shape index (κ1) is 37.2. The van der Waals surface area contributed by atoms with Crippen molar-refractivity contribution in [3.05, 3.63) is 168 Å². The lowest BCUT2D eigenvalue weighted by molar-refractivity contribution is -0.138. The largest absolute Gasteiger partial charge is 0.461 e. The molecule has 280 valence electrons. The maximum Gasteiger partial charge on any atom is 0.356 e. The van der Waals surface area contributed by atoms with Crippen LogP contribution < -0.4 is 10.2 Å². The molecule has 0 saturated heterocycles. The number of aromatic nitrogens is 4. The van der Waals surface area contributed by atoms with E-state index in [0.717, 1.165) is 39.1 Å². The summed E-state index contributed by atoms with van der Waals surface area (Å²) in [7, 11) is 0. The van der Waals surface area contributed by atoms with Gasteiger partial charge >= 0.3 is 5.97 Å². The van der Waals surface area contributed by atoms with Gasteiger partial charge in [0.1, 0.15) is 16.8 Å². The second-order valence-electron chi connectivity index (χ2n) is 14.2. The van der Waals surface area contributed by atoms with Gasteiger partial charge in [0, 0.05) is 17.9 Å². The number of carbonyl (C=O) groups excluding carboxylic acids is 1. The Kier molecular flexibility index (Phi) is 10.4. The summed E-state index contributed by atoms with van der Waals surface area (Å²) in [5, 5.41) is 28.4. The molecule has 10 nitrogen and oxygen atoms in total. The summed E-state index contributed by atoms with van der Waals surface area (Å²) >= 11 is 0. The predicted octanol–water partition coefficient (Wildman–Crippen LogP) is 7.56. The molecule has 0 aliphatic carbocycles. The summed E-state index contributed by atoms with van der Waals surface area (Å²) < 4.78 is 13.4. The molecule has 5 aromatic carbocycles. The third kappa shape index (κ3) is 6.79. The minimum absolute atomic E-state index is 0.187. The van der Waals surface area contributed by atoms with Crippen LogP contribution in [0.4, 0.5) is 5.69 Å². The van der Waals surface area contributed by atoms with Crippen LogP contribution in [0.5, 0.6) is 0 Å². The Balaban J connectivity index is 1.38. The van der Waals surface area contributed by atoms with Crippen LogP contribution in [0.2, 0.25) is 0 Å². The van der Waals surface area contributed by atoms with Crippen molar-refractivity contribution in [2.45, 2.75) is 51.4 Å². The molecule has 1 aliphatic rings. The lowest BCUT2D eigenvalue weighted by Crippen LogP contribution is -2.55. The van der Waals surface area contributed by atoms with Crippen molar-refractivity contribution >= 4 is 11.7 Å². The first-order valence-electron chi connectivity index (χ1n) is 18.6. The molecular formula is C45H46N6O4. The Morgan fingerprint density at radius 1 is 0.745 bits per heavy atom. The first-order chi connectivity index (χ1) is 26.6. The number of benzene rings is 5. The minimum Gasteiger partial charge on any atom is -0.461 e. The molecule has 55 heavy (non-hydrogen) atoms. The van der Waals surface area contributed by atoms with E-state index in [1.54, 1.807) is 20.8 Å². The molecule has 2 N–H and O–H groups in total. The molecule has 7 rings (SSSR count). The average molecular weight is 735 g/mol. The van der Waals surface area contributed by atoms with Gasteiger partial charge in [0.15, 0.2) is 11.5 Å². The van der Waals surface area contributed by atoms with E-state index >= 15 is 0 Å². The second kappa shape index (κ2) is 15.3. The highest BCUT2D eigenvalue weighted by atomic mass is 16.5. The number of nitrogens with zero attached hydrogens (tertiary/aromatic N) is 5. The summed E-state index contributed by atoms with van der Waals surface area (Å²) in [6.07, 6.45) is 0. The van der Waals surface area contributed by atoms with E-state index in [9.17, 15) is 9.90 Å². The predicted molar refractivity (Wildman–Crippen MR) is 214 cm³/mol. The monoisotopic (exact) mass is 734 g/mol. The fourth-order valence-corrected chi connectivity index (χ4v) is 7.60. The van der Waals surface area contributed by atoms with Gasteiger partial charge in [-0.05, 0) is 85.0 Å².